The first-order valence-electron chi connectivity index (χ1n) is 6.66. The number of hydrogen-bond acceptors (Lipinski definition) is 5. The van der Waals surface area contributed by atoms with Crippen LogP contribution in [0.25, 0.3) is 10.8 Å². The summed E-state index contributed by atoms with van der Waals surface area (Å²) in [6.07, 6.45) is 3.00. The molecule has 1 saturated heterocycles. The van der Waals surface area contributed by atoms with Gasteiger partial charge >= 0.3 is 0 Å². The SMILES string of the molecule is O=C(Cc1csc(-c2ccco2)n1)N1CCC(O)CC1. The number of amides is 1. The molecule has 1 amide bonds. The second kappa shape index (κ2) is 5.76. The topological polar surface area (TPSA) is 66.6 Å². The van der Waals surface area contributed by atoms with E-state index in [4.69, 9.17) is 4.42 Å². The third kappa shape index (κ3) is 2.91. The van der Waals surface area contributed by atoms with Crippen molar-refractivity contribution in [3.8, 4) is 10.8 Å². The molecule has 0 bridgehead atoms. The number of rotatable bonds is 3. The number of hydrogen-bond donors (Lipinski definition) is 1. The molecule has 2 aromatic rings. The first-order chi connectivity index (χ1) is 9.72. The van der Waals surface area contributed by atoms with E-state index in [1.165, 1.54) is 11.3 Å². The monoisotopic (exact) mass is 292 g/mol. The number of thiazole rings is 1. The molecule has 2 aromatic heterocycles. The van der Waals surface area contributed by atoms with Gasteiger partial charge in [-0.1, -0.05) is 0 Å². The Bertz CT molecular complexity index is 571. The number of likely N-dealkylation sites (tertiary alicyclic amines) is 1. The zero-order valence-electron chi connectivity index (χ0n) is 11.0. The molecule has 0 aliphatic carbocycles. The smallest absolute Gasteiger partial charge is 0.228 e. The average Bonchev–Trinajstić information content (AvgIpc) is 3.09. The maximum atomic E-state index is 12.2. The third-order valence-corrected chi connectivity index (χ3v) is 4.34. The van der Waals surface area contributed by atoms with E-state index in [-0.39, 0.29) is 12.0 Å². The second-order valence-electron chi connectivity index (χ2n) is 4.91. The van der Waals surface area contributed by atoms with Gasteiger partial charge in [0.2, 0.25) is 5.91 Å². The zero-order valence-corrected chi connectivity index (χ0v) is 11.8. The fourth-order valence-corrected chi connectivity index (χ4v) is 3.07. The number of carbonyl (C=O) groups is 1. The summed E-state index contributed by atoms with van der Waals surface area (Å²) in [4.78, 5) is 18.4. The number of furan rings is 1. The molecule has 0 unspecified atom stereocenters. The fraction of sp³-hybridized carbons (Fsp3) is 0.429. The number of nitrogens with zero attached hydrogens (tertiary/aromatic N) is 2. The summed E-state index contributed by atoms with van der Waals surface area (Å²) in [6, 6.07) is 3.68. The van der Waals surface area contributed by atoms with Gasteiger partial charge in [0, 0.05) is 18.5 Å². The second-order valence-corrected chi connectivity index (χ2v) is 5.77. The molecule has 106 valence electrons. The lowest BCUT2D eigenvalue weighted by Gasteiger charge is -2.29. The van der Waals surface area contributed by atoms with Gasteiger partial charge in [-0.05, 0) is 25.0 Å². The van der Waals surface area contributed by atoms with Crippen LogP contribution in [0.3, 0.4) is 0 Å². The lowest BCUT2D eigenvalue weighted by Crippen LogP contribution is -2.40. The van der Waals surface area contributed by atoms with Crippen LogP contribution in [0.5, 0.6) is 0 Å². The number of piperidine rings is 1. The summed E-state index contributed by atoms with van der Waals surface area (Å²) in [5.41, 5.74) is 0.775. The van der Waals surface area contributed by atoms with E-state index in [1.54, 1.807) is 11.2 Å². The van der Waals surface area contributed by atoms with Gasteiger partial charge in [-0.2, -0.15) is 0 Å². The molecule has 1 aliphatic heterocycles. The molecule has 5 nitrogen and oxygen atoms in total. The maximum absolute atomic E-state index is 12.2. The van der Waals surface area contributed by atoms with Crippen molar-refractivity contribution < 1.29 is 14.3 Å². The molecule has 0 spiro atoms. The van der Waals surface area contributed by atoms with Gasteiger partial charge in [-0.25, -0.2) is 4.98 Å². The Morgan fingerprint density at radius 1 is 1.50 bits per heavy atom. The zero-order chi connectivity index (χ0) is 13.9. The predicted octanol–water partition coefficient (Wildman–Crippen LogP) is 1.93. The highest BCUT2D eigenvalue weighted by Crippen LogP contribution is 2.24. The normalized spacial score (nSPS) is 16.6. The molecule has 1 N–H and O–H groups in total. The third-order valence-electron chi connectivity index (χ3n) is 3.43. The van der Waals surface area contributed by atoms with Crippen LogP contribution in [-0.4, -0.2) is 40.1 Å². The van der Waals surface area contributed by atoms with Gasteiger partial charge in [0.1, 0.15) is 0 Å². The van der Waals surface area contributed by atoms with Crippen LogP contribution in [0.2, 0.25) is 0 Å². The van der Waals surface area contributed by atoms with Crippen LogP contribution in [0.1, 0.15) is 18.5 Å². The fourth-order valence-electron chi connectivity index (χ4n) is 2.28. The molecule has 0 atom stereocenters. The Kier molecular flexibility index (Phi) is 3.84. The van der Waals surface area contributed by atoms with Crippen molar-refractivity contribution in [2.75, 3.05) is 13.1 Å². The lowest BCUT2D eigenvalue weighted by atomic mass is 10.1. The van der Waals surface area contributed by atoms with Crippen molar-refractivity contribution in [1.29, 1.82) is 0 Å². The number of aliphatic hydroxyl groups is 1. The molecule has 0 aromatic carbocycles. The van der Waals surface area contributed by atoms with Crippen LogP contribution >= 0.6 is 11.3 Å². The van der Waals surface area contributed by atoms with Crippen molar-refractivity contribution >= 4 is 17.2 Å². The summed E-state index contributed by atoms with van der Waals surface area (Å²) in [5.74, 6) is 0.808. The van der Waals surface area contributed by atoms with Crippen molar-refractivity contribution in [1.82, 2.24) is 9.88 Å². The number of aromatic nitrogens is 1. The van der Waals surface area contributed by atoms with Gasteiger partial charge in [0.25, 0.3) is 0 Å². The van der Waals surface area contributed by atoms with E-state index in [0.29, 0.717) is 32.4 Å². The Morgan fingerprint density at radius 2 is 2.30 bits per heavy atom. The van der Waals surface area contributed by atoms with E-state index in [1.807, 2.05) is 17.5 Å². The van der Waals surface area contributed by atoms with Gasteiger partial charge in [-0.3, -0.25) is 4.79 Å². The highest BCUT2D eigenvalue weighted by molar-refractivity contribution is 7.13. The maximum Gasteiger partial charge on any atom is 0.228 e. The largest absolute Gasteiger partial charge is 0.462 e. The average molecular weight is 292 g/mol. The summed E-state index contributed by atoms with van der Waals surface area (Å²) < 4.78 is 5.29. The molecule has 1 aliphatic rings. The van der Waals surface area contributed by atoms with Crippen molar-refractivity contribution in [3.63, 3.8) is 0 Å². The van der Waals surface area contributed by atoms with E-state index < -0.39 is 0 Å². The summed E-state index contributed by atoms with van der Waals surface area (Å²) in [5, 5.41) is 12.1. The highest BCUT2D eigenvalue weighted by Gasteiger charge is 2.22. The van der Waals surface area contributed by atoms with Crippen LogP contribution in [0, 0.1) is 0 Å². The molecular formula is C14H16N2O3S. The molecule has 0 radical (unpaired) electrons. The molecular weight excluding hydrogens is 276 g/mol. The molecule has 3 heterocycles. The number of carbonyl (C=O) groups excluding carboxylic acids is 1. The van der Waals surface area contributed by atoms with Crippen LogP contribution in [-0.2, 0) is 11.2 Å². The van der Waals surface area contributed by atoms with Gasteiger partial charge in [0.05, 0.1) is 24.5 Å². The van der Waals surface area contributed by atoms with Gasteiger partial charge < -0.3 is 14.4 Å². The highest BCUT2D eigenvalue weighted by atomic mass is 32.1. The van der Waals surface area contributed by atoms with Crippen molar-refractivity contribution in [2.45, 2.75) is 25.4 Å². The summed E-state index contributed by atoms with van der Waals surface area (Å²) >= 11 is 1.48. The van der Waals surface area contributed by atoms with Gasteiger partial charge in [-0.15, -0.1) is 11.3 Å². The van der Waals surface area contributed by atoms with E-state index in [0.717, 1.165) is 16.5 Å². The van der Waals surface area contributed by atoms with Gasteiger partial charge in [0.15, 0.2) is 10.8 Å². The molecule has 3 rings (SSSR count). The first kappa shape index (κ1) is 13.3. The standard InChI is InChI=1S/C14H16N2O3S/c17-11-3-5-16(6-4-11)13(18)8-10-9-20-14(15-10)12-2-1-7-19-12/h1-2,7,9,11,17H,3-6,8H2. The predicted molar refractivity (Wildman–Crippen MR) is 75.3 cm³/mol. The summed E-state index contributed by atoms with van der Waals surface area (Å²) in [6.45, 7) is 1.27. The molecule has 20 heavy (non-hydrogen) atoms. The molecule has 6 heteroatoms. The Morgan fingerprint density at radius 3 is 3.00 bits per heavy atom. The number of aliphatic hydroxyl groups excluding tert-OH is 1. The first-order valence-corrected chi connectivity index (χ1v) is 7.54. The minimum Gasteiger partial charge on any atom is -0.462 e. The quantitative estimate of drug-likeness (QED) is 0.938. The van der Waals surface area contributed by atoms with E-state index >= 15 is 0 Å². The Hall–Kier alpha value is -1.66. The van der Waals surface area contributed by atoms with E-state index in [2.05, 4.69) is 4.98 Å². The summed E-state index contributed by atoms with van der Waals surface area (Å²) in [7, 11) is 0. The van der Waals surface area contributed by atoms with E-state index in [9.17, 15) is 9.90 Å². The van der Waals surface area contributed by atoms with Crippen LogP contribution < -0.4 is 0 Å². The Labute approximate surface area is 120 Å². The minimum atomic E-state index is -0.260. The van der Waals surface area contributed by atoms with Crippen molar-refractivity contribution in [2.24, 2.45) is 0 Å². The molecule has 1 fully saturated rings. The minimum absolute atomic E-state index is 0.0770. The van der Waals surface area contributed by atoms with Crippen LogP contribution in [0.15, 0.2) is 28.2 Å². The Balaban J connectivity index is 1.62. The van der Waals surface area contributed by atoms with Crippen molar-refractivity contribution in [3.05, 3.63) is 29.5 Å². The molecule has 0 saturated carbocycles. The lowest BCUT2D eigenvalue weighted by molar-refractivity contribution is -0.132. The van der Waals surface area contributed by atoms with Crippen LogP contribution in [0.4, 0.5) is 0 Å².